The second-order valence-electron chi connectivity index (χ2n) is 14.4. The lowest BCUT2D eigenvalue weighted by atomic mass is 10.00. The van der Waals surface area contributed by atoms with Crippen molar-refractivity contribution in [2.75, 3.05) is 0 Å². The quantitative estimate of drug-likeness (QED) is 0.176. The van der Waals surface area contributed by atoms with Gasteiger partial charge in [0.25, 0.3) is 0 Å². The molecule has 0 amide bonds. The van der Waals surface area contributed by atoms with E-state index in [4.69, 9.17) is 23.8 Å². The second kappa shape index (κ2) is 12.3. The summed E-state index contributed by atoms with van der Waals surface area (Å²) in [6.07, 6.45) is 0. The molecule has 266 valence electrons. The van der Waals surface area contributed by atoms with Gasteiger partial charge in [0.1, 0.15) is 22.3 Å². The lowest BCUT2D eigenvalue weighted by molar-refractivity contribution is 0.668. The van der Waals surface area contributed by atoms with Gasteiger partial charge in [-0.1, -0.05) is 121 Å². The summed E-state index contributed by atoms with van der Waals surface area (Å²) in [6.45, 7) is 0. The van der Waals surface area contributed by atoms with E-state index in [1.165, 1.54) is 21.8 Å². The largest absolute Gasteiger partial charge is 0.456 e. The van der Waals surface area contributed by atoms with E-state index in [-0.39, 0.29) is 0 Å². The normalized spacial score (nSPS) is 11.9. The number of nitrogens with zero attached hydrogens (tertiary/aromatic N) is 4. The number of rotatable bonds is 5. The maximum Gasteiger partial charge on any atom is 0.167 e. The first-order valence-electron chi connectivity index (χ1n) is 19.0. The maximum atomic E-state index is 6.63. The topological polar surface area (TPSA) is 69.9 Å². The smallest absolute Gasteiger partial charge is 0.167 e. The first kappa shape index (κ1) is 31.5. The van der Waals surface area contributed by atoms with Gasteiger partial charge in [0.15, 0.2) is 17.5 Å². The summed E-state index contributed by atoms with van der Waals surface area (Å²) >= 11 is 0. The van der Waals surface area contributed by atoms with Crippen LogP contribution in [0.25, 0.3) is 117 Å². The van der Waals surface area contributed by atoms with Crippen LogP contribution >= 0.6 is 0 Å². The van der Waals surface area contributed by atoms with Crippen LogP contribution in [0, 0.1) is 0 Å². The summed E-state index contributed by atoms with van der Waals surface area (Å²) < 4.78 is 15.4. The Hall–Kier alpha value is -7.83. The molecule has 6 nitrogen and oxygen atoms in total. The molecule has 0 unspecified atom stereocenters. The summed E-state index contributed by atoms with van der Waals surface area (Å²) in [5, 5.41) is 6.45. The predicted molar refractivity (Wildman–Crippen MR) is 230 cm³/mol. The van der Waals surface area contributed by atoms with Crippen molar-refractivity contribution in [2.24, 2.45) is 0 Å². The van der Waals surface area contributed by atoms with Crippen molar-refractivity contribution in [1.29, 1.82) is 0 Å². The Kier molecular flexibility index (Phi) is 6.83. The average molecular weight is 731 g/mol. The first-order chi connectivity index (χ1) is 28.2. The lowest BCUT2D eigenvalue weighted by Gasteiger charge is -2.09. The van der Waals surface area contributed by atoms with Crippen molar-refractivity contribution in [3.8, 4) is 51.0 Å². The van der Waals surface area contributed by atoms with Crippen molar-refractivity contribution in [3.63, 3.8) is 0 Å². The summed E-state index contributed by atoms with van der Waals surface area (Å²) in [5.41, 5.74) is 11.4. The van der Waals surface area contributed by atoms with Gasteiger partial charge in [-0.2, -0.15) is 0 Å². The molecule has 0 aliphatic heterocycles. The average Bonchev–Trinajstić information content (AvgIpc) is 3.96. The standard InChI is InChI=1S/C51H30N4O2/c1-3-13-31(14-4-1)49-52-50(54-51(53-49)40-21-11-19-37-36-18-8-10-23-44(36)57-48(37)40)39-20-12-24-45-47(39)38-27-25-33(30-46(38)56-45)32-26-28-43-41(29-32)35-17-7-9-22-42(35)55(43)34-15-5-2-6-16-34/h1-30H. The van der Waals surface area contributed by atoms with Gasteiger partial charge in [-0.25, -0.2) is 15.0 Å². The number of aromatic nitrogens is 4. The molecule has 0 N–H and O–H groups in total. The molecule has 0 saturated carbocycles. The molecule has 57 heavy (non-hydrogen) atoms. The molecule has 0 aliphatic rings. The summed E-state index contributed by atoms with van der Waals surface area (Å²) in [4.78, 5) is 15.3. The summed E-state index contributed by atoms with van der Waals surface area (Å²) in [5.74, 6) is 1.68. The number of fused-ring (bicyclic) bond motifs is 9. The summed E-state index contributed by atoms with van der Waals surface area (Å²) in [7, 11) is 0. The fourth-order valence-corrected chi connectivity index (χ4v) is 8.46. The monoisotopic (exact) mass is 730 g/mol. The Morgan fingerprint density at radius 2 is 0.982 bits per heavy atom. The Morgan fingerprint density at radius 3 is 1.86 bits per heavy atom. The number of hydrogen-bond donors (Lipinski definition) is 0. The van der Waals surface area contributed by atoms with Crippen molar-refractivity contribution >= 4 is 65.7 Å². The van der Waals surface area contributed by atoms with E-state index in [0.717, 1.165) is 77.4 Å². The van der Waals surface area contributed by atoms with Gasteiger partial charge in [-0.15, -0.1) is 0 Å². The molecule has 0 aliphatic carbocycles. The van der Waals surface area contributed by atoms with E-state index < -0.39 is 0 Å². The third-order valence-corrected chi connectivity index (χ3v) is 11.1. The Labute approximate surface area is 325 Å². The van der Waals surface area contributed by atoms with E-state index in [1.54, 1.807) is 0 Å². The maximum absolute atomic E-state index is 6.63. The minimum Gasteiger partial charge on any atom is -0.456 e. The third kappa shape index (κ3) is 4.94. The fraction of sp³-hybridized carbons (Fsp3) is 0. The van der Waals surface area contributed by atoms with Crippen LogP contribution in [0.3, 0.4) is 0 Å². The highest BCUT2D eigenvalue weighted by molar-refractivity contribution is 6.14. The van der Waals surface area contributed by atoms with Crippen LogP contribution in [0.4, 0.5) is 0 Å². The van der Waals surface area contributed by atoms with Crippen LogP contribution in [-0.4, -0.2) is 19.5 Å². The van der Waals surface area contributed by atoms with Crippen LogP contribution < -0.4 is 0 Å². The van der Waals surface area contributed by atoms with E-state index in [9.17, 15) is 0 Å². The van der Waals surface area contributed by atoms with E-state index in [1.807, 2.05) is 72.8 Å². The number of benzene rings is 8. The fourth-order valence-electron chi connectivity index (χ4n) is 8.46. The van der Waals surface area contributed by atoms with Crippen LogP contribution in [0.5, 0.6) is 0 Å². The minimum atomic E-state index is 0.541. The zero-order valence-electron chi connectivity index (χ0n) is 30.4. The van der Waals surface area contributed by atoms with Crippen LogP contribution in [0.15, 0.2) is 191 Å². The SMILES string of the molecule is c1ccc(-c2nc(-c3cccc4c3oc3ccccc34)nc(-c3cccc4oc5cc(-c6ccc7c(c6)c6ccccc6n7-c6ccccc6)ccc5c34)n2)cc1. The van der Waals surface area contributed by atoms with Gasteiger partial charge >= 0.3 is 0 Å². The Bertz CT molecular complexity index is 3530. The second-order valence-corrected chi connectivity index (χ2v) is 14.4. The molecule has 12 aromatic rings. The number of furan rings is 2. The molecular formula is C51H30N4O2. The molecule has 4 heterocycles. The van der Waals surface area contributed by atoms with Crippen LogP contribution in [0.2, 0.25) is 0 Å². The highest BCUT2D eigenvalue weighted by atomic mass is 16.3. The molecular weight excluding hydrogens is 701 g/mol. The number of hydrogen-bond acceptors (Lipinski definition) is 5. The summed E-state index contributed by atoms with van der Waals surface area (Å²) in [6, 6.07) is 62.7. The Morgan fingerprint density at radius 1 is 0.351 bits per heavy atom. The molecule has 0 atom stereocenters. The molecule has 8 aromatic carbocycles. The lowest BCUT2D eigenvalue weighted by Crippen LogP contribution is -2.00. The van der Waals surface area contributed by atoms with Gasteiger partial charge in [-0.05, 0) is 71.8 Å². The molecule has 0 spiro atoms. The molecule has 6 heteroatoms. The van der Waals surface area contributed by atoms with Crippen molar-refractivity contribution < 1.29 is 8.83 Å². The van der Waals surface area contributed by atoms with Crippen LogP contribution in [-0.2, 0) is 0 Å². The van der Waals surface area contributed by atoms with E-state index >= 15 is 0 Å². The number of para-hydroxylation sites is 4. The minimum absolute atomic E-state index is 0.541. The molecule has 4 aromatic heterocycles. The molecule has 0 radical (unpaired) electrons. The Balaban J connectivity index is 1.02. The van der Waals surface area contributed by atoms with Gasteiger partial charge in [0, 0.05) is 49.1 Å². The van der Waals surface area contributed by atoms with Gasteiger partial charge < -0.3 is 13.4 Å². The molecule has 0 bridgehead atoms. The predicted octanol–water partition coefficient (Wildman–Crippen LogP) is 13.4. The highest BCUT2D eigenvalue weighted by Gasteiger charge is 2.21. The van der Waals surface area contributed by atoms with Crippen molar-refractivity contribution in [1.82, 2.24) is 19.5 Å². The first-order valence-corrected chi connectivity index (χ1v) is 19.0. The zero-order chi connectivity index (χ0) is 37.5. The highest BCUT2D eigenvalue weighted by Crippen LogP contribution is 2.41. The van der Waals surface area contributed by atoms with Gasteiger partial charge in [0.05, 0.1) is 16.6 Å². The molecule has 0 saturated heterocycles. The van der Waals surface area contributed by atoms with Gasteiger partial charge in [0.2, 0.25) is 0 Å². The van der Waals surface area contributed by atoms with Gasteiger partial charge in [-0.3, -0.25) is 0 Å². The van der Waals surface area contributed by atoms with Crippen LogP contribution in [0.1, 0.15) is 0 Å². The molecule has 0 fully saturated rings. The van der Waals surface area contributed by atoms with Crippen molar-refractivity contribution in [3.05, 3.63) is 182 Å². The third-order valence-electron chi connectivity index (χ3n) is 11.1. The van der Waals surface area contributed by atoms with Crippen molar-refractivity contribution in [2.45, 2.75) is 0 Å². The van der Waals surface area contributed by atoms with E-state index in [0.29, 0.717) is 17.5 Å². The zero-order valence-corrected chi connectivity index (χ0v) is 30.4. The molecule has 12 rings (SSSR count). The van der Waals surface area contributed by atoms with E-state index in [2.05, 4.69) is 114 Å².